The van der Waals surface area contributed by atoms with E-state index in [-0.39, 0.29) is 41.5 Å². The fraction of sp³-hybridized carbons (Fsp3) is 0.361. The molecule has 3 aromatic carbocycles. The van der Waals surface area contributed by atoms with Gasteiger partial charge in [-0.1, -0.05) is 74.7 Å². The first kappa shape index (κ1) is 36.4. The second kappa shape index (κ2) is 15.8. The predicted octanol–water partition coefficient (Wildman–Crippen LogP) is 8.40. The van der Waals surface area contributed by atoms with Crippen LogP contribution in [0.1, 0.15) is 75.0 Å². The molecule has 4 aromatic rings. The van der Waals surface area contributed by atoms with E-state index in [1.165, 1.54) is 40.7 Å². The number of nitrogens with two attached hydrogens (primary N) is 1. The number of ether oxygens (including phenoxy) is 2. The van der Waals surface area contributed by atoms with Crippen LogP contribution in [0.25, 0.3) is 10.8 Å². The van der Waals surface area contributed by atoms with Crippen LogP contribution < -0.4 is 14.8 Å². The Hall–Kier alpha value is -4.85. The topological polar surface area (TPSA) is 133 Å². The summed E-state index contributed by atoms with van der Waals surface area (Å²) in [5.41, 5.74) is 7.52. The number of fused-ring (bicyclic) bond motifs is 1. The molecular weight excluding hydrogens is 673 g/mol. The molecule has 1 saturated carbocycles. The van der Waals surface area contributed by atoms with Crippen LogP contribution in [0, 0.1) is 5.92 Å². The predicted molar refractivity (Wildman–Crippen MR) is 183 cm³/mol. The lowest BCUT2D eigenvalue weighted by Gasteiger charge is -2.27. The summed E-state index contributed by atoms with van der Waals surface area (Å²) >= 11 is 0. The van der Waals surface area contributed by atoms with Crippen molar-refractivity contribution in [2.24, 2.45) is 16.8 Å². The van der Waals surface area contributed by atoms with Crippen LogP contribution in [0.15, 0.2) is 89.0 Å². The van der Waals surface area contributed by atoms with Gasteiger partial charge in [0.25, 0.3) is 10.0 Å². The number of nitrogens with zero attached hydrogens (tertiary/aromatic N) is 3. The lowest BCUT2D eigenvalue weighted by molar-refractivity contribution is -0.274. The van der Waals surface area contributed by atoms with Crippen molar-refractivity contribution in [3.63, 3.8) is 0 Å². The van der Waals surface area contributed by atoms with Crippen LogP contribution >= 0.6 is 0 Å². The summed E-state index contributed by atoms with van der Waals surface area (Å²) in [6, 6.07) is 18.1. The Kier molecular flexibility index (Phi) is 11.5. The van der Waals surface area contributed by atoms with E-state index in [9.17, 15) is 26.4 Å². The fourth-order valence-corrected chi connectivity index (χ4v) is 6.99. The zero-order valence-electron chi connectivity index (χ0n) is 27.7. The molecule has 1 aliphatic rings. The number of unbranched alkanes of at least 4 members (excludes halogenated alkanes) is 1. The van der Waals surface area contributed by atoms with E-state index in [1.54, 1.807) is 6.20 Å². The third-order valence-corrected chi connectivity index (χ3v) is 10.2. The number of aromatic nitrogens is 1. The number of pyridine rings is 1. The third kappa shape index (κ3) is 9.23. The Morgan fingerprint density at radius 3 is 2.38 bits per heavy atom. The number of carbonyl (C=O) groups is 1. The van der Waals surface area contributed by atoms with E-state index in [0.29, 0.717) is 11.1 Å². The van der Waals surface area contributed by atoms with Gasteiger partial charge in [-0.25, -0.2) is 22.5 Å². The van der Waals surface area contributed by atoms with Crippen LogP contribution in [-0.2, 0) is 26.1 Å². The molecule has 0 amide bonds. The SMILES string of the molecule is CCCCC(CC)COC(=O)O/N=C(\N)c1ccc(S(=O)(=O)N(Cc2ccc(OC(F)(F)F)cc2)c2ncc3ccccc3c2C2CC2)cc1. The highest BCUT2D eigenvalue weighted by Crippen LogP contribution is 2.48. The molecule has 1 heterocycles. The maximum absolute atomic E-state index is 14.4. The molecule has 0 radical (unpaired) electrons. The quantitative estimate of drug-likeness (QED) is 0.0427. The minimum Gasteiger partial charge on any atom is -0.432 e. The molecule has 14 heteroatoms. The summed E-state index contributed by atoms with van der Waals surface area (Å²) in [5.74, 6) is -0.0561. The van der Waals surface area contributed by atoms with Gasteiger partial charge < -0.3 is 15.2 Å². The zero-order chi connectivity index (χ0) is 35.9. The molecule has 1 atom stereocenters. The molecule has 0 bridgehead atoms. The van der Waals surface area contributed by atoms with Crippen molar-refractivity contribution in [1.82, 2.24) is 4.98 Å². The molecule has 0 spiro atoms. The van der Waals surface area contributed by atoms with Crippen molar-refractivity contribution in [3.05, 3.63) is 95.7 Å². The number of halogens is 3. The summed E-state index contributed by atoms with van der Waals surface area (Å²) in [4.78, 5) is 21.5. The molecule has 10 nitrogen and oxygen atoms in total. The lowest BCUT2D eigenvalue weighted by atomic mass is 10.0. The lowest BCUT2D eigenvalue weighted by Crippen LogP contribution is -2.32. The normalized spacial score (nSPS) is 14.3. The van der Waals surface area contributed by atoms with E-state index in [2.05, 4.69) is 21.8 Å². The van der Waals surface area contributed by atoms with Gasteiger partial charge in [0.1, 0.15) is 11.6 Å². The Labute approximate surface area is 289 Å². The van der Waals surface area contributed by atoms with Crippen LogP contribution in [-0.4, -0.2) is 38.4 Å². The second-order valence-corrected chi connectivity index (χ2v) is 14.0. The summed E-state index contributed by atoms with van der Waals surface area (Å²) in [7, 11) is -4.31. The number of sulfonamides is 1. The second-order valence-electron chi connectivity index (χ2n) is 12.1. The average Bonchev–Trinajstić information content (AvgIpc) is 3.95. The van der Waals surface area contributed by atoms with Gasteiger partial charge in [0, 0.05) is 22.7 Å². The summed E-state index contributed by atoms with van der Waals surface area (Å²) < 4.78 is 77.4. The van der Waals surface area contributed by atoms with Crippen molar-refractivity contribution in [2.45, 2.75) is 76.1 Å². The Balaban J connectivity index is 1.41. The van der Waals surface area contributed by atoms with Crippen molar-refractivity contribution >= 4 is 38.6 Å². The van der Waals surface area contributed by atoms with Gasteiger partial charge in [0.2, 0.25) is 0 Å². The van der Waals surface area contributed by atoms with E-state index < -0.39 is 28.3 Å². The number of alkyl halides is 3. The third-order valence-electron chi connectivity index (χ3n) is 8.46. The van der Waals surface area contributed by atoms with Gasteiger partial charge in [-0.2, -0.15) is 0 Å². The minimum absolute atomic E-state index is 0.0955. The number of benzene rings is 3. The number of carbonyl (C=O) groups excluding carboxylic acids is 1. The summed E-state index contributed by atoms with van der Waals surface area (Å²) in [6.07, 6.45) is 1.32. The maximum Gasteiger partial charge on any atom is 0.573 e. The van der Waals surface area contributed by atoms with E-state index in [1.807, 2.05) is 31.2 Å². The molecular formula is C36H39F3N4O6S. The first-order valence-electron chi connectivity index (χ1n) is 16.4. The molecule has 50 heavy (non-hydrogen) atoms. The van der Waals surface area contributed by atoms with Crippen molar-refractivity contribution in [1.29, 1.82) is 0 Å². The molecule has 0 saturated heterocycles. The standard InChI is InChI=1S/C36H39F3N4O6S/c1-3-5-8-24(4-2)23-47-35(44)49-42-33(40)27-15-19-30(20-16-27)50(45,46)43(22-25-11-17-29(18-12-25)48-36(37,38)39)34-32(26-13-14-26)31-10-7-6-9-28(31)21-41-34/h6-7,9-12,15-21,24,26H,3-5,8,13-14,22-23H2,1-2H3,(H2,40,42). The Morgan fingerprint density at radius 1 is 1.04 bits per heavy atom. The average molecular weight is 713 g/mol. The molecule has 1 aliphatic carbocycles. The van der Waals surface area contributed by atoms with Crippen LogP contribution in [0.5, 0.6) is 5.75 Å². The fourth-order valence-electron chi connectivity index (χ4n) is 5.56. The molecule has 2 N–H and O–H groups in total. The molecule has 5 rings (SSSR count). The minimum atomic E-state index is -4.87. The van der Waals surface area contributed by atoms with Gasteiger partial charge in [-0.05, 0) is 78.4 Å². The number of amidine groups is 1. The van der Waals surface area contributed by atoms with Crippen molar-refractivity contribution in [2.75, 3.05) is 10.9 Å². The molecule has 0 aliphatic heterocycles. The number of oxime groups is 1. The Bertz CT molecular complexity index is 1920. The molecule has 1 fully saturated rings. The largest absolute Gasteiger partial charge is 0.573 e. The zero-order valence-corrected chi connectivity index (χ0v) is 28.5. The smallest absolute Gasteiger partial charge is 0.432 e. The number of hydrogen-bond acceptors (Lipinski definition) is 8. The van der Waals surface area contributed by atoms with Gasteiger partial charge in [0.05, 0.1) is 18.0 Å². The molecule has 266 valence electrons. The number of rotatable bonds is 15. The molecule has 1 aromatic heterocycles. The maximum atomic E-state index is 14.4. The highest BCUT2D eigenvalue weighted by atomic mass is 32.2. The number of anilines is 1. The van der Waals surface area contributed by atoms with E-state index in [0.717, 1.165) is 67.0 Å². The van der Waals surface area contributed by atoms with Crippen LogP contribution in [0.3, 0.4) is 0 Å². The number of hydrogen-bond donors (Lipinski definition) is 1. The Morgan fingerprint density at radius 2 is 1.74 bits per heavy atom. The first-order valence-corrected chi connectivity index (χ1v) is 17.9. The van der Waals surface area contributed by atoms with Crippen LogP contribution in [0.4, 0.5) is 23.8 Å². The van der Waals surface area contributed by atoms with E-state index in [4.69, 9.17) is 15.3 Å². The molecule has 1 unspecified atom stereocenters. The van der Waals surface area contributed by atoms with Crippen molar-refractivity contribution in [3.8, 4) is 5.75 Å². The van der Waals surface area contributed by atoms with Crippen molar-refractivity contribution < 1.29 is 40.7 Å². The first-order chi connectivity index (χ1) is 23.9. The van der Waals surface area contributed by atoms with E-state index >= 15 is 0 Å². The van der Waals surface area contributed by atoms with Gasteiger partial charge >= 0.3 is 12.5 Å². The monoisotopic (exact) mass is 712 g/mol. The summed E-state index contributed by atoms with van der Waals surface area (Å²) in [6.45, 7) is 4.09. The highest BCUT2D eigenvalue weighted by Gasteiger charge is 2.35. The summed E-state index contributed by atoms with van der Waals surface area (Å²) in [5, 5.41) is 5.39. The van der Waals surface area contributed by atoms with Gasteiger partial charge in [-0.3, -0.25) is 4.84 Å². The van der Waals surface area contributed by atoms with Gasteiger partial charge in [-0.15, -0.1) is 13.2 Å². The van der Waals surface area contributed by atoms with Gasteiger partial charge in [0.15, 0.2) is 5.84 Å². The van der Waals surface area contributed by atoms with Crippen LogP contribution in [0.2, 0.25) is 0 Å². The highest BCUT2D eigenvalue weighted by molar-refractivity contribution is 7.92.